The van der Waals surface area contributed by atoms with Gasteiger partial charge in [0.1, 0.15) is 11.9 Å². The first kappa shape index (κ1) is 26.8. The van der Waals surface area contributed by atoms with Gasteiger partial charge in [0.15, 0.2) is 5.96 Å². The molecule has 1 saturated heterocycles. The lowest BCUT2D eigenvalue weighted by Gasteiger charge is -2.33. The number of halogens is 2. The summed E-state index contributed by atoms with van der Waals surface area (Å²) < 4.78 is 5.90. The summed E-state index contributed by atoms with van der Waals surface area (Å²) in [6.45, 7) is 7.65. The van der Waals surface area contributed by atoms with Crippen LogP contribution in [0.15, 0.2) is 29.3 Å². The van der Waals surface area contributed by atoms with Gasteiger partial charge in [-0.05, 0) is 38.8 Å². The van der Waals surface area contributed by atoms with Crippen LogP contribution in [0.5, 0.6) is 5.75 Å². The van der Waals surface area contributed by atoms with Crippen LogP contribution in [0.2, 0.25) is 5.02 Å². The molecule has 0 spiro atoms. The van der Waals surface area contributed by atoms with Gasteiger partial charge in [-0.15, -0.1) is 24.0 Å². The maximum absolute atomic E-state index is 11.9. The monoisotopic (exact) mass is 551 g/mol. The zero-order valence-electron chi connectivity index (χ0n) is 18.4. The number of guanidine groups is 1. The second kappa shape index (κ2) is 13.9. The van der Waals surface area contributed by atoms with Crippen molar-refractivity contribution < 1.29 is 9.53 Å². The molecule has 7 nitrogen and oxygen atoms in total. The normalized spacial score (nSPS) is 16.4. The average molecular weight is 552 g/mol. The second-order valence-corrected chi connectivity index (χ2v) is 7.97. The third kappa shape index (κ3) is 9.26. The number of para-hydroxylation sites is 1. The lowest BCUT2D eigenvalue weighted by molar-refractivity contribution is -0.130. The van der Waals surface area contributed by atoms with Crippen LogP contribution >= 0.6 is 35.6 Å². The summed E-state index contributed by atoms with van der Waals surface area (Å²) in [6.07, 6.45) is 1.87. The van der Waals surface area contributed by atoms with Gasteiger partial charge in [-0.1, -0.05) is 23.7 Å². The Morgan fingerprint density at radius 2 is 2.00 bits per heavy atom. The molecule has 0 aromatic heterocycles. The Morgan fingerprint density at radius 1 is 1.33 bits per heavy atom. The highest BCUT2D eigenvalue weighted by Crippen LogP contribution is 2.24. The fourth-order valence-corrected chi connectivity index (χ4v) is 3.28. The largest absolute Gasteiger partial charge is 0.487 e. The van der Waals surface area contributed by atoms with Crippen molar-refractivity contribution in [3.8, 4) is 5.75 Å². The number of carbonyl (C=O) groups excluding carboxylic acids is 1. The number of carbonyl (C=O) groups is 1. The number of hydrogen-bond acceptors (Lipinski definition) is 4. The smallest absolute Gasteiger partial charge is 0.236 e. The summed E-state index contributed by atoms with van der Waals surface area (Å²) in [7, 11) is 3.60. The fraction of sp³-hybridized carbons (Fsp3) is 0.619. The van der Waals surface area contributed by atoms with Gasteiger partial charge in [0.25, 0.3) is 0 Å². The number of rotatable bonds is 8. The Kier molecular flexibility index (Phi) is 12.4. The summed E-state index contributed by atoms with van der Waals surface area (Å²) in [5.41, 5.74) is 0. The van der Waals surface area contributed by atoms with Crippen molar-refractivity contribution in [1.82, 2.24) is 20.4 Å². The Morgan fingerprint density at radius 3 is 2.60 bits per heavy atom. The number of piperidine rings is 1. The highest BCUT2D eigenvalue weighted by Gasteiger charge is 2.22. The lowest BCUT2D eigenvalue weighted by Crippen LogP contribution is -2.50. The SMILES string of the molecule is CCNC(=NCC(C)Oc1ccccc1Cl)NC1CCN(CC(=O)N(C)C)CC1.I. The van der Waals surface area contributed by atoms with Crippen LogP contribution in [0.25, 0.3) is 0 Å². The van der Waals surface area contributed by atoms with Gasteiger partial charge in [-0.25, -0.2) is 4.99 Å². The molecule has 1 unspecified atom stereocenters. The minimum absolute atomic E-state index is 0. The molecular weight excluding hydrogens is 517 g/mol. The maximum atomic E-state index is 11.9. The van der Waals surface area contributed by atoms with Crippen molar-refractivity contribution in [3.63, 3.8) is 0 Å². The number of nitrogens with one attached hydrogen (secondary N) is 2. The average Bonchev–Trinajstić information content (AvgIpc) is 2.69. The first-order chi connectivity index (χ1) is 13.9. The molecule has 9 heteroatoms. The Labute approximate surface area is 202 Å². The summed E-state index contributed by atoms with van der Waals surface area (Å²) in [5, 5.41) is 7.43. The van der Waals surface area contributed by atoms with Crippen LogP contribution in [0.1, 0.15) is 26.7 Å². The van der Waals surface area contributed by atoms with Crippen molar-refractivity contribution in [2.75, 3.05) is 46.8 Å². The molecule has 1 aromatic rings. The van der Waals surface area contributed by atoms with E-state index in [0.717, 1.165) is 38.4 Å². The molecule has 1 aliphatic heterocycles. The highest BCUT2D eigenvalue weighted by atomic mass is 127. The van der Waals surface area contributed by atoms with Gasteiger partial charge in [0, 0.05) is 39.8 Å². The van der Waals surface area contributed by atoms with E-state index >= 15 is 0 Å². The van der Waals surface area contributed by atoms with E-state index in [1.165, 1.54) is 0 Å². The first-order valence-electron chi connectivity index (χ1n) is 10.3. The minimum Gasteiger partial charge on any atom is -0.487 e. The standard InChI is InChI=1S/C21H34ClN5O2.HI/c1-5-23-21(24-14-16(2)29-19-9-7-6-8-18(19)22)25-17-10-12-27(13-11-17)15-20(28)26(3)4;/h6-9,16-17H,5,10-15H2,1-4H3,(H2,23,24,25);1H. The zero-order chi connectivity index (χ0) is 21.2. The molecule has 0 radical (unpaired) electrons. The lowest BCUT2D eigenvalue weighted by atomic mass is 10.1. The van der Waals surface area contributed by atoms with Gasteiger partial charge in [0.2, 0.25) is 5.91 Å². The van der Waals surface area contributed by atoms with Crippen LogP contribution in [0, 0.1) is 0 Å². The van der Waals surface area contributed by atoms with E-state index in [4.69, 9.17) is 16.3 Å². The van der Waals surface area contributed by atoms with Crippen molar-refractivity contribution in [2.45, 2.75) is 38.8 Å². The van der Waals surface area contributed by atoms with E-state index in [0.29, 0.717) is 29.9 Å². The van der Waals surface area contributed by atoms with Crippen molar-refractivity contribution in [3.05, 3.63) is 29.3 Å². The molecule has 1 fully saturated rings. The molecule has 1 aromatic carbocycles. The van der Waals surface area contributed by atoms with Gasteiger partial charge >= 0.3 is 0 Å². The summed E-state index contributed by atoms with van der Waals surface area (Å²) in [6, 6.07) is 7.81. The highest BCUT2D eigenvalue weighted by molar-refractivity contribution is 14.0. The maximum Gasteiger partial charge on any atom is 0.236 e. The van der Waals surface area contributed by atoms with Crippen molar-refractivity contribution in [1.29, 1.82) is 0 Å². The van der Waals surface area contributed by atoms with E-state index in [2.05, 4.69) is 27.4 Å². The predicted octanol–water partition coefficient (Wildman–Crippen LogP) is 2.83. The number of ether oxygens (including phenoxy) is 1. The van der Waals surface area contributed by atoms with Crippen LogP contribution in [-0.4, -0.2) is 80.6 Å². The Hall–Kier alpha value is -1.26. The molecule has 1 heterocycles. The van der Waals surface area contributed by atoms with Crippen LogP contribution in [-0.2, 0) is 4.79 Å². The number of amides is 1. The van der Waals surface area contributed by atoms with Gasteiger partial charge < -0.3 is 20.3 Å². The third-order valence-corrected chi connectivity index (χ3v) is 5.11. The van der Waals surface area contributed by atoms with Crippen molar-refractivity contribution >= 4 is 47.4 Å². The zero-order valence-corrected chi connectivity index (χ0v) is 21.4. The number of aliphatic imine (C=N–C) groups is 1. The predicted molar refractivity (Wildman–Crippen MR) is 134 cm³/mol. The second-order valence-electron chi connectivity index (χ2n) is 7.56. The first-order valence-corrected chi connectivity index (χ1v) is 10.6. The van der Waals surface area contributed by atoms with E-state index in [-0.39, 0.29) is 36.0 Å². The quantitative estimate of drug-likeness (QED) is 0.295. The molecule has 1 aliphatic rings. The number of benzene rings is 1. The molecule has 30 heavy (non-hydrogen) atoms. The topological polar surface area (TPSA) is 69.2 Å². The summed E-state index contributed by atoms with van der Waals surface area (Å²) >= 11 is 6.16. The molecule has 2 rings (SSSR count). The molecule has 2 N–H and O–H groups in total. The number of hydrogen-bond donors (Lipinski definition) is 2. The van der Waals surface area contributed by atoms with E-state index < -0.39 is 0 Å². The van der Waals surface area contributed by atoms with Gasteiger partial charge in [-0.3, -0.25) is 9.69 Å². The van der Waals surface area contributed by atoms with Crippen LogP contribution in [0.4, 0.5) is 0 Å². The van der Waals surface area contributed by atoms with Crippen LogP contribution in [0.3, 0.4) is 0 Å². The van der Waals surface area contributed by atoms with E-state index in [9.17, 15) is 4.79 Å². The van der Waals surface area contributed by atoms with Crippen LogP contribution < -0.4 is 15.4 Å². The molecule has 0 saturated carbocycles. The van der Waals surface area contributed by atoms with E-state index in [1.54, 1.807) is 19.0 Å². The van der Waals surface area contributed by atoms with Gasteiger partial charge in [-0.2, -0.15) is 0 Å². The summed E-state index contributed by atoms with van der Waals surface area (Å²) in [5.74, 6) is 1.62. The van der Waals surface area contributed by atoms with E-state index in [1.807, 2.05) is 31.2 Å². The fourth-order valence-electron chi connectivity index (χ4n) is 3.10. The van der Waals surface area contributed by atoms with Gasteiger partial charge in [0.05, 0.1) is 18.1 Å². The Bertz CT molecular complexity index is 681. The number of nitrogens with zero attached hydrogens (tertiary/aromatic N) is 3. The minimum atomic E-state index is -0.0933. The molecular formula is C21H35ClIN5O2. The molecule has 0 aliphatic carbocycles. The molecule has 1 amide bonds. The number of likely N-dealkylation sites (tertiary alicyclic amines) is 1. The molecule has 170 valence electrons. The number of likely N-dealkylation sites (N-methyl/N-ethyl adjacent to an activating group) is 1. The van der Waals surface area contributed by atoms with Crippen molar-refractivity contribution in [2.24, 2.45) is 4.99 Å². The third-order valence-electron chi connectivity index (χ3n) is 4.80. The molecule has 0 bridgehead atoms. The Balaban J connectivity index is 0.00000450. The summed E-state index contributed by atoms with van der Waals surface area (Å²) in [4.78, 5) is 20.4. The molecule has 1 atom stereocenters.